The largest absolute Gasteiger partial charge is 0.326 e. The van der Waals surface area contributed by atoms with Crippen molar-refractivity contribution >= 4 is 40.1 Å². The third-order valence-corrected chi connectivity index (χ3v) is 6.82. The first kappa shape index (κ1) is 21.6. The Hall–Kier alpha value is -2.67. The SMILES string of the molecule is Cc1ccc(NC(=O)CC2SC(=Nc3ccc(F)cc3)N(C3CCCCC3)C2=O)cc1. The first-order valence-electron chi connectivity index (χ1n) is 10.7. The molecule has 4 rings (SSSR count). The number of carbonyl (C=O) groups excluding carboxylic acids is 2. The lowest BCUT2D eigenvalue weighted by atomic mass is 9.94. The van der Waals surface area contributed by atoms with Crippen LogP contribution in [0.1, 0.15) is 44.1 Å². The smallest absolute Gasteiger partial charge is 0.242 e. The molecule has 0 radical (unpaired) electrons. The van der Waals surface area contributed by atoms with Crippen LogP contribution in [0.5, 0.6) is 0 Å². The van der Waals surface area contributed by atoms with Crippen LogP contribution in [0.2, 0.25) is 0 Å². The molecule has 1 unspecified atom stereocenters. The monoisotopic (exact) mass is 439 g/mol. The standard InChI is InChI=1S/C24H26FN3O2S/c1-16-7-11-18(12-8-16)26-22(29)15-21-23(30)28(20-5-3-2-4-6-20)24(31-21)27-19-13-9-17(25)10-14-19/h7-14,20-21H,2-6,15H2,1H3,(H,26,29). The van der Waals surface area contributed by atoms with Crippen molar-refractivity contribution in [2.75, 3.05) is 5.32 Å². The molecule has 1 atom stereocenters. The van der Waals surface area contributed by atoms with Crippen molar-refractivity contribution in [1.82, 2.24) is 4.90 Å². The maximum absolute atomic E-state index is 13.3. The van der Waals surface area contributed by atoms with E-state index in [-0.39, 0.29) is 30.1 Å². The zero-order valence-electron chi connectivity index (χ0n) is 17.5. The Bertz CT molecular complexity index is 969. The lowest BCUT2D eigenvalue weighted by Gasteiger charge is -2.30. The van der Waals surface area contributed by atoms with Crippen LogP contribution in [0, 0.1) is 12.7 Å². The fourth-order valence-electron chi connectivity index (χ4n) is 4.01. The summed E-state index contributed by atoms with van der Waals surface area (Å²) < 4.78 is 13.3. The molecule has 0 aromatic heterocycles. The number of nitrogens with zero attached hydrogens (tertiary/aromatic N) is 2. The molecular formula is C24H26FN3O2S. The number of thioether (sulfide) groups is 1. The average molecular weight is 440 g/mol. The summed E-state index contributed by atoms with van der Waals surface area (Å²) in [6, 6.07) is 13.6. The normalized spacial score (nSPS) is 21.0. The molecule has 2 fully saturated rings. The number of aryl methyl sites for hydroxylation is 1. The Morgan fingerprint density at radius 1 is 1.10 bits per heavy atom. The van der Waals surface area contributed by atoms with E-state index in [1.54, 1.807) is 17.0 Å². The number of halogens is 1. The number of carbonyl (C=O) groups is 2. The number of nitrogens with one attached hydrogen (secondary N) is 1. The minimum atomic E-state index is -0.508. The second kappa shape index (κ2) is 9.64. The second-order valence-corrected chi connectivity index (χ2v) is 9.27. The van der Waals surface area contributed by atoms with Crippen LogP contribution in [0.3, 0.4) is 0 Å². The fraction of sp³-hybridized carbons (Fsp3) is 0.375. The van der Waals surface area contributed by atoms with Crippen LogP contribution in [-0.4, -0.2) is 33.2 Å². The van der Waals surface area contributed by atoms with Gasteiger partial charge in [-0.25, -0.2) is 9.38 Å². The molecule has 1 aliphatic carbocycles. The maximum atomic E-state index is 13.3. The third kappa shape index (κ3) is 5.34. The van der Waals surface area contributed by atoms with Gasteiger partial charge >= 0.3 is 0 Å². The zero-order valence-corrected chi connectivity index (χ0v) is 18.3. The molecular weight excluding hydrogens is 413 g/mol. The molecule has 31 heavy (non-hydrogen) atoms. The first-order valence-corrected chi connectivity index (χ1v) is 11.6. The molecule has 7 heteroatoms. The van der Waals surface area contributed by atoms with E-state index in [0.717, 1.165) is 36.9 Å². The Balaban J connectivity index is 1.51. The molecule has 0 bridgehead atoms. The number of hydrogen-bond acceptors (Lipinski definition) is 4. The van der Waals surface area contributed by atoms with Gasteiger partial charge in [-0.3, -0.25) is 14.5 Å². The maximum Gasteiger partial charge on any atom is 0.242 e. The van der Waals surface area contributed by atoms with Gasteiger partial charge in [-0.05, 0) is 56.2 Å². The number of hydrogen-bond donors (Lipinski definition) is 1. The highest BCUT2D eigenvalue weighted by Crippen LogP contribution is 2.36. The summed E-state index contributed by atoms with van der Waals surface area (Å²) in [7, 11) is 0. The fourth-order valence-corrected chi connectivity index (χ4v) is 5.23. The summed E-state index contributed by atoms with van der Waals surface area (Å²) >= 11 is 1.33. The molecule has 1 saturated carbocycles. The van der Waals surface area contributed by atoms with Crippen molar-refractivity contribution in [3.8, 4) is 0 Å². The van der Waals surface area contributed by atoms with E-state index in [1.807, 2.05) is 31.2 Å². The highest BCUT2D eigenvalue weighted by atomic mass is 32.2. The van der Waals surface area contributed by atoms with Crippen LogP contribution >= 0.6 is 11.8 Å². The molecule has 2 aromatic rings. The zero-order chi connectivity index (χ0) is 21.8. The van der Waals surface area contributed by atoms with Crippen LogP contribution < -0.4 is 5.32 Å². The Kier molecular flexibility index (Phi) is 6.70. The lowest BCUT2D eigenvalue weighted by Crippen LogP contribution is -2.42. The van der Waals surface area contributed by atoms with E-state index in [0.29, 0.717) is 10.9 Å². The molecule has 1 heterocycles. The van der Waals surface area contributed by atoms with Gasteiger partial charge < -0.3 is 5.32 Å². The van der Waals surface area contributed by atoms with E-state index in [4.69, 9.17) is 0 Å². The molecule has 1 aliphatic heterocycles. The number of aliphatic imine (C=N–C) groups is 1. The van der Waals surface area contributed by atoms with Gasteiger partial charge in [-0.1, -0.05) is 48.7 Å². The van der Waals surface area contributed by atoms with Crippen molar-refractivity contribution < 1.29 is 14.0 Å². The number of rotatable bonds is 5. The van der Waals surface area contributed by atoms with E-state index in [1.165, 1.54) is 30.3 Å². The van der Waals surface area contributed by atoms with E-state index in [2.05, 4.69) is 10.3 Å². The van der Waals surface area contributed by atoms with Gasteiger partial charge in [-0.2, -0.15) is 0 Å². The van der Waals surface area contributed by atoms with Crippen molar-refractivity contribution in [1.29, 1.82) is 0 Å². The summed E-state index contributed by atoms with van der Waals surface area (Å²) in [5.74, 6) is -0.577. The van der Waals surface area contributed by atoms with Gasteiger partial charge in [0, 0.05) is 18.2 Å². The number of amides is 2. The van der Waals surface area contributed by atoms with E-state index in [9.17, 15) is 14.0 Å². The van der Waals surface area contributed by atoms with E-state index < -0.39 is 5.25 Å². The Morgan fingerprint density at radius 3 is 2.45 bits per heavy atom. The van der Waals surface area contributed by atoms with Gasteiger partial charge in [-0.15, -0.1) is 0 Å². The highest BCUT2D eigenvalue weighted by Gasteiger charge is 2.42. The summed E-state index contributed by atoms with van der Waals surface area (Å²) in [4.78, 5) is 32.3. The van der Waals surface area contributed by atoms with E-state index >= 15 is 0 Å². The van der Waals surface area contributed by atoms with Crippen LogP contribution in [0.25, 0.3) is 0 Å². The molecule has 5 nitrogen and oxygen atoms in total. The quantitative estimate of drug-likeness (QED) is 0.676. The molecule has 2 amide bonds. The molecule has 1 N–H and O–H groups in total. The third-order valence-electron chi connectivity index (χ3n) is 5.66. The number of amidine groups is 1. The van der Waals surface area contributed by atoms with Gasteiger partial charge in [0.2, 0.25) is 11.8 Å². The van der Waals surface area contributed by atoms with Gasteiger partial charge in [0.05, 0.1) is 5.69 Å². The van der Waals surface area contributed by atoms with Crippen molar-refractivity contribution in [3.05, 3.63) is 59.9 Å². The molecule has 1 saturated heterocycles. The predicted molar refractivity (Wildman–Crippen MR) is 123 cm³/mol. The van der Waals surface area contributed by atoms with Gasteiger partial charge in [0.25, 0.3) is 0 Å². The molecule has 0 spiro atoms. The summed E-state index contributed by atoms with van der Waals surface area (Å²) in [6.45, 7) is 1.99. The van der Waals surface area contributed by atoms with Crippen LogP contribution in [-0.2, 0) is 9.59 Å². The lowest BCUT2D eigenvalue weighted by molar-refractivity contribution is -0.130. The van der Waals surface area contributed by atoms with Crippen molar-refractivity contribution in [3.63, 3.8) is 0 Å². The van der Waals surface area contributed by atoms with Gasteiger partial charge in [0.1, 0.15) is 11.1 Å². The number of benzene rings is 2. The van der Waals surface area contributed by atoms with Crippen LogP contribution in [0.4, 0.5) is 15.8 Å². The summed E-state index contributed by atoms with van der Waals surface area (Å²) in [6.07, 6.45) is 5.32. The topological polar surface area (TPSA) is 61.8 Å². The molecule has 162 valence electrons. The first-order chi connectivity index (χ1) is 15.0. The molecule has 2 aliphatic rings. The Morgan fingerprint density at radius 2 is 1.77 bits per heavy atom. The Labute approximate surface area is 186 Å². The van der Waals surface area contributed by atoms with Crippen molar-refractivity contribution in [2.24, 2.45) is 4.99 Å². The summed E-state index contributed by atoms with van der Waals surface area (Å²) in [5, 5.41) is 2.98. The minimum absolute atomic E-state index is 0.0585. The summed E-state index contributed by atoms with van der Waals surface area (Å²) in [5.41, 5.74) is 2.43. The molecule has 2 aromatic carbocycles. The van der Waals surface area contributed by atoms with Crippen molar-refractivity contribution in [2.45, 2.75) is 56.7 Å². The van der Waals surface area contributed by atoms with Crippen LogP contribution in [0.15, 0.2) is 53.5 Å². The predicted octanol–water partition coefficient (Wildman–Crippen LogP) is 5.43. The second-order valence-electron chi connectivity index (χ2n) is 8.10. The van der Waals surface area contributed by atoms with Gasteiger partial charge in [0.15, 0.2) is 5.17 Å². The minimum Gasteiger partial charge on any atom is -0.326 e. The number of anilines is 1. The highest BCUT2D eigenvalue weighted by molar-refractivity contribution is 8.15. The average Bonchev–Trinajstić information content (AvgIpc) is 3.06.